The van der Waals surface area contributed by atoms with Gasteiger partial charge < -0.3 is 10.1 Å². The minimum Gasteiger partial charge on any atom is -0.455 e. The van der Waals surface area contributed by atoms with Crippen LogP contribution in [0.3, 0.4) is 0 Å². The highest BCUT2D eigenvalue weighted by Crippen LogP contribution is 2.27. The molecule has 0 radical (unpaired) electrons. The van der Waals surface area contributed by atoms with E-state index < -0.39 is 5.97 Å². The SMILES string of the molecule is O=C(COC(=O)Cc1ccc(F)cc1)NCCC(c1ccccc1)c1ccccc1. The normalized spacial score (nSPS) is 10.6. The second-order valence-corrected chi connectivity index (χ2v) is 6.98. The number of nitrogens with one attached hydrogen (secondary N) is 1. The standard InChI is InChI=1S/C25H24FNO3/c26-22-13-11-19(12-14-22)17-25(29)30-18-24(28)27-16-15-23(20-7-3-1-4-8-20)21-9-5-2-6-10-21/h1-14,23H,15-18H2,(H,27,28). The van der Waals surface area contributed by atoms with Gasteiger partial charge in [0.1, 0.15) is 5.82 Å². The number of rotatable bonds is 9. The minimum absolute atomic E-state index is 0.00233. The van der Waals surface area contributed by atoms with Gasteiger partial charge in [-0.15, -0.1) is 0 Å². The maximum atomic E-state index is 12.9. The molecule has 1 amide bonds. The lowest BCUT2D eigenvalue weighted by Crippen LogP contribution is -2.30. The second-order valence-electron chi connectivity index (χ2n) is 6.98. The quantitative estimate of drug-likeness (QED) is 0.542. The van der Waals surface area contributed by atoms with Crippen molar-refractivity contribution in [2.45, 2.75) is 18.8 Å². The fraction of sp³-hybridized carbons (Fsp3) is 0.200. The highest BCUT2D eigenvalue weighted by atomic mass is 19.1. The van der Waals surface area contributed by atoms with Crippen molar-refractivity contribution in [3.05, 3.63) is 107 Å². The van der Waals surface area contributed by atoms with Gasteiger partial charge in [-0.2, -0.15) is 0 Å². The zero-order valence-corrected chi connectivity index (χ0v) is 16.6. The Hall–Kier alpha value is -3.47. The van der Waals surface area contributed by atoms with Crippen LogP contribution in [0, 0.1) is 5.82 Å². The van der Waals surface area contributed by atoms with E-state index in [9.17, 15) is 14.0 Å². The maximum absolute atomic E-state index is 12.9. The number of carbonyl (C=O) groups is 2. The molecule has 0 saturated heterocycles. The summed E-state index contributed by atoms with van der Waals surface area (Å²) < 4.78 is 17.9. The Labute approximate surface area is 175 Å². The summed E-state index contributed by atoms with van der Waals surface area (Å²) in [7, 11) is 0. The molecule has 0 atom stereocenters. The van der Waals surface area contributed by atoms with Crippen LogP contribution in [0.1, 0.15) is 29.0 Å². The van der Waals surface area contributed by atoms with Crippen LogP contribution >= 0.6 is 0 Å². The molecule has 0 aliphatic heterocycles. The molecule has 0 saturated carbocycles. The number of benzene rings is 3. The molecule has 3 aromatic rings. The molecule has 0 fully saturated rings. The molecule has 30 heavy (non-hydrogen) atoms. The van der Waals surface area contributed by atoms with Crippen LogP contribution in [-0.2, 0) is 20.7 Å². The van der Waals surface area contributed by atoms with Crippen LogP contribution in [0.25, 0.3) is 0 Å². The summed E-state index contributed by atoms with van der Waals surface area (Å²) in [5.74, 6) is -1.07. The van der Waals surface area contributed by atoms with Crippen LogP contribution in [-0.4, -0.2) is 25.0 Å². The summed E-state index contributed by atoms with van der Waals surface area (Å²) in [6, 6.07) is 25.9. The van der Waals surface area contributed by atoms with Gasteiger partial charge in [-0.1, -0.05) is 72.8 Å². The van der Waals surface area contributed by atoms with Crippen molar-refractivity contribution in [3.8, 4) is 0 Å². The Bertz CT molecular complexity index is 904. The summed E-state index contributed by atoms with van der Waals surface area (Å²) in [4.78, 5) is 23.9. The fourth-order valence-electron chi connectivity index (χ4n) is 3.27. The van der Waals surface area contributed by atoms with Crippen LogP contribution in [0.5, 0.6) is 0 Å². The van der Waals surface area contributed by atoms with E-state index >= 15 is 0 Å². The van der Waals surface area contributed by atoms with Gasteiger partial charge in [0.05, 0.1) is 6.42 Å². The molecule has 5 heteroatoms. The lowest BCUT2D eigenvalue weighted by molar-refractivity contribution is -0.147. The predicted molar refractivity (Wildman–Crippen MR) is 113 cm³/mol. The third-order valence-electron chi connectivity index (χ3n) is 4.79. The van der Waals surface area contributed by atoms with Crippen LogP contribution in [0.4, 0.5) is 4.39 Å². The molecule has 3 rings (SSSR count). The largest absolute Gasteiger partial charge is 0.455 e. The van der Waals surface area contributed by atoms with Gasteiger partial charge >= 0.3 is 5.97 Å². The minimum atomic E-state index is -0.525. The molecule has 0 bridgehead atoms. The number of carbonyl (C=O) groups excluding carboxylic acids is 2. The van der Waals surface area contributed by atoms with Gasteiger partial charge in [0.15, 0.2) is 6.61 Å². The van der Waals surface area contributed by atoms with E-state index in [-0.39, 0.29) is 30.7 Å². The van der Waals surface area contributed by atoms with Gasteiger partial charge in [0, 0.05) is 12.5 Å². The van der Waals surface area contributed by atoms with Crippen molar-refractivity contribution in [2.75, 3.05) is 13.2 Å². The first-order valence-corrected chi connectivity index (χ1v) is 9.88. The highest BCUT2D eigenvalue weighted by molar-refractivity contribution is 5.81. The van der Waals surface area contributed by atoms with E-state index in [1.807, 2.05) is 36.4 Å². The van der Waals surface area contributed by atoms with Gasteiger partial charge in [0.25, 0.3) is 5.91 Å². The van der Waals surface area contributed by atoms with E-state index in [1.165, 1.54) is 35.4 Å². The molecular formula is C25H24FNO3. The number of ether oxygens (including phenoxy) is 1. The number of hydrogen-bond donors (Lipinski definition) is 1. The fourth-order valence-corrected chi connectivity index (χ4v) is 3.27. The second kappa shape index (κ2) is 10.9. The topological polar surface area (TPSA) is 55.4 Å². The number of esters is 1. The Morgan fingerprint density at radius 3 is 1.97 bits per heavy atom. The van der Waals surface area contributed by atoms with Crippen molar-refractivity contribution in [2.24, 2.45) is 0 Å². The molecule has 0 aliphatic carbocycles. The zero-order valence-electron chi connectivity index (χ0n) is 16.6. The van der Waals surface area contributed by atoms with Gasteiger partial charge in [-0.05, 0) is 35.2 Å². The third kappa shape index (κ3) is 6.55. The Morgan fingerprint density at radius 1 is 0.833 bits per heavy atom. The molecule has 154 valence electrons. The molecule has 0 aromatic heterocycles. The molecule has 1 N–H and O–H groups in total. The third-order valence-corrected chi connectivity index (χ3v) is 4.79. The van der Waals surface area contributed by atoms with Gasteiger partial charge in [-0.25, -0.2) is 4.39 Å². The summed E-state index contributed by atoms with van der Waals surface area (Å²) >= 11 is 0. The van der Waals surface area contributed by atoms with Gasteiger partial charge in [0.2, 0.25) is 0 Å². The summed E-state index contributed by atoms with van der Waals surface area (Å²) in [6.45, 7) is 0.129. The first-order chi connectivity index (χ1) is 14.6. The first kappa shape index (κ1) is 21.2. The van der Waals surface area contributed by atoms with Crippen LogP contribution in [0.15, 0.2) is 84.9 Å². The Balaban J connectivity index is 1.46. The maximum Gasteiger partial charge on any atom is 0.310 e. The highest BCUT2D eigenvalue weighted by Gasteiger charge is 2.14. The molecule has 3 aromatic carbocycles. The molecule has 0 heterocycles. The lowest BCUT2D eigenvalue weighted by atomic mass is 9.88. The smallest absolute Gasteiger partial charge is 0.310 e. The van der Waals surface area contributed by atoms with Crippen molar-refractivity contribution < 1.29 is 18.7 Å². The molecule has 0 aliphatic rings. The van der Waals surface area contributed by atoms with Crippen LogP contribution < -0.4 is 5.32 Å². The monoisotopic (exact) mass is 405 g/mol. The number of hydrogen-bond acceptors (Lipinski definition) is 3. The zero-order chi connectivity index (χ0) is 21.2. The Morgan fingerprint density at radius 2 is 1.40 bits per heavy atom. The number of halogens is 1. The lowest BCUT2D eigenvalue weighted by Gasteiger charge is -2.18. The summed E-state index contributed by atoms with van der Waals surface area (Å²) in [5.41, 5.74) is 3.00. The van der Waals surface area contributed by atoms with Crippen molar-refractivity contribution >= 4 is 11.9 Å². The molecule has 0 unspecified atom stereocenters. The van der Waals surface area contributed by atoms with Crippen molar-refractivity contribution in [1.82, 2.24) is 5.32 Å². The van der Waals surface area contributed by atoms with Crippen LogP contribution in [0.2, 0.25) is 0 Å². The van der Waals surface area contributed by atoms with Crippen molar-refractivity contribution in [3.63, 3.8) is 0 Å². The molecular weight excluding hydrogens is 381 g/mol. The van der Waals surface area contributed by atoms with E-state index in [1.54, 1.807) is 0 Å². The average molecular weight is 405 g/mol. The van der Waals surface area contributed by atoms with Crippen molar-refractivity contribution in [1.29, 1.82) is 0 Å². The summed E-state index contributed by atoms with van der Waals surface area (Å²) in [6.07, 6.45) is 0.723. The summed E-state index contributed by atoms with van der Waals surface area (Å²) in [5, 5.41) is 2.81. The van der Waals surface area contributed by atoms with Gasteiger partial charge in [-0.3, -0.25) is 9.59 Å². The van der Waals surface area contributed by atoms with E-state index in [0.717, 1.165) is 6.42 Å². The van der Waals surface area contributed by atoms with E-state index in [2.05, 4.69) is 29.6 Å². The Kier molecular flexibility index (Phi) is 7.72. The first-order valence-electron chi connectivity index (χ1n) is 9.88. The molecule has 0 spiro atoms. The number of amides is 1. The predicted octanol–water partition coefficient (Wildman–Crippen LogP) is 4.25. The van der Waals surface area contributed by atoms with E-state index in [0.29, 0.717) is 12.1 Å². The average Bonchev–Trinajstić information content (AvgIpc) is 2.78. The molecule has 4 nitrogen and oxygen atoms in total. The van der Waals surface area contributed by atoms with E-state index in [4.69, 9.17) is 4.74 Å².